The number of benzene rings is 2. The van der Waals surface area contributed by atoms with Crippen LogP contribution in [0.1, 0.15) is 5.56 Å². The zero-order chi connectivity index (χ0) is 18.7. The highest BCUT2D eigenvalue weighted by atomic mass is 19.4. The summed E-state index contributed by atoms with van der Waals surface area (Å²) < 4.78 is 40.2. The fourth-order valence-electron chi connectivity index (χ4n) is 2.47. The molecule has 5 nitrogen and oxygen atoms in total. The normalized spacial score (nSPS) is 14.1. The van der Waals surface area contributed by atoms with E-state index in [1.165, 1.54) is 29.2 Å². The molecule has 2 amide bonds. The number of amides is 2. The van der Waals surface area contributed by atoms with Crippen LogP contribution in [0.25, 0.3) is 6.08 Å². The number of para-hydroxylation sites is 2. The molecule has 0 radical (unpaired) electrons. The molecule has 0 bridgehead atoms. The van der Waals surface area contributed by atoms with E-state index in [9.17, 15) is 22.8 Å². The van der Waals surface area contributed by atoms with E-state index >= 15 is 0 Å². The Morgan fingerprint density at radius 3 is 2.50 bits per heavy atom. The van der Waals surface area contributed by atoms with Crippen molar-refractivity contribution in [2.75, 3.05) is 16.8 Å². The Bertz CT molecular complexity index is 861. The number of nitrogens with one attached hydrogen (secondary N) is 1. The summed E-state index contributed by atoms with van der Waals surface area (Å²) in [4.78, 5) is 25.5. The van der Waals surface area contributed by atoms with Gasteiger partial charge in [-0.05, 0) is 35.9 Å². The van der Waals surface area contributed by atoms with Gasteiger partial charge in [0.2, 0.25) is 5.91 Å². The molecule has 2 aromatic rings. The maximum absolute atomic E-state index is 12.4. The minimum absolute atomic E-state index is 0.113. The van der Waals surface area contributed by atoms with Gasteiger partial charge in [0.15, 0.2) is 0 Å². The summed E-state index contributed by atoms with van der Waals surface area (Å²) in [7, 11) is 0. The number of rotatable bonds is 3. The van der Waals surface area contributed by atoms with Gasteiger partial charge in [-0.3, -0.25) is 14.5 Å². The molecule has 26 heavy (non-hydrogen) atoms. The van der Waals surface area contributed by atoms with Crippen LogP contribution in [0.15, 0.2) is 54.6 Å². The summed E-state index contributed by atoms with van der Waals surface area (Å²) in [5.74, 6) is -1.07. The molecule has 1 aliphatic rings. The fourth-order valence-corrected chi connectivity index (χ4v) is 2.47. The molecular weight excluding hydrogens is 349 g/mol. The number of fused-ring (bicyclic) bond motifs is 1. The van der Waals surface area contributed by atoms with Crippen LogP contribution in [0.4, 0.5) is 24.5 Å². The van der Waals surface area contributed by atoms with Crippen LogP contribution >= 0.6 is 0 Å². The van der Waals surface area contributed by atoms with Gasteiger partial charge >= 0.3 is 6.36 Å². The molecule has 8 heteroatoms. The van der Waals surface area contributed by atoms with Crippen molar-refractivity contribution in [1.29, 1.82) is 0 Å². The van der Waals surface area contributed by atoms with Crippen LogP contribution in [0.2, 0.25) is 0 Å². The number of hydrogen-bond acceptors (Lipinski definition) is 3. The zero-order valence-corrected chi connectivity index (χ0v) is 13.3. The van der Waals surface area contributed by atoms with Crippen molar-refractivity contribution in [1.82, 2.24) is 0 Å². The third-order valence-corrected chi connectivity index (χ3v) is 3.57. The first-order valence-corrected chi connectivity index (χ1v) is 7.56. The first-order chi connectivity index (χ1) is 12.3. The van der Waals surface area contributed by atoms with Crippen molar-refractivity contribution >= 4 is 29.3 Å². The summed E-state index contributed by atoms with van der Waals surface area (Å²) in [5, 5.41) is 2.68. The van der Waals surface area contributed by atoms with Crippen LogP contribution in [0.5, 0.6) is 5.75 Å². The summed E-state index contributed by atoms with van der Waals surface area (Å²) in [6.07, 6.45) is -2.04. The molecule has 0 fully saturated rings. The van der Waals surface area contributed by atoms with Crippen LogP contribution < -0.4 is 15.0 Å². The van der Waals surface area contributed by atoms with E-state index in [1.807, 2.05) is 0 Å². The molecule has 0 aliphatic carbocycles. The molecule has 0 saturated heterocycles. The Labute approximate surface area is 146 Å². The molecule has 1 N–H and O–H groups in total. The largest absolute Gasteiger partial charge is 0.573 e. The zero-order valence-electron chi connectivity index (χ0n) is 13.3. The molecule has 1 aliphatic heterocycles. The number of hydrogen-bond donors (Lipinski definition) is 1. The predicted octanol–water partition coefficient (Wildman–Crippen LogP) is 3.58. The van der Waals surface area contributed by atoms with E-state index < -0.39 is 12.3 Å². The predicted molar refractivity (Wildman–Crippen MR) is 89.6 cm³/mol. The van der Waals surface area contributed by atoms with Gasteiger partial charge in [0, 0.05) is 6.08 Å². The second-order valence-electron chi connectivity index (χ2n) is 5.44. The molecule has 0 aromatic heterocycles. The third-order valence-electron chi connectivity index (χ3n) is 3.57. The van der Waals surface area contributed by atoms with Gasteiger partial charge in [0.05, 0.1) is 11.4 Å². The minimum Gasteiger partial charge on any atom is -0.406 e. The number of ether oxygens (including phenoxy) is 1. The molecule has 1 heterocycles. The highest BCUT2D eigenvalue weighted by Crippen LogP contribution is 2.29. The van der Waals surface area contributed by atoms with Crippen molar-refractivity contribution in [3.05, 3.63) is 60.2 Å². The second-order valence-corrected chi connectivity index (χ2v) is 5.44. The minimum atomic E-state index is -4.75. The fraction of sp³-hybridized carbons (Fsp3) is 0.111. The standard InChI is InChI=1S/C18H13F3N2O3/c19-18(20,21)26-13-8-5-12(6-9-13)7-10-17(25)23-11-16(24)22-14-3-1-2-4-15(14)23/h1-10H,11H2,(H,22,24)/b10-7-. The highest BCUT2D eigenvalue weighted by molar-refractivity contribution is 6.13. The summed E-state index contributed by atoms with van der Waals surface area (Å²) in [6.45, 7) is -0.113. The van der Waals surface area contributed by atoms with Gasteiger partial charge in [0.25, 0.3) is 5.91 Å². The number of alkyl halides is 3. The van der Waals surface area contributed by atoms with E-state index in [2.05, 4.69) is 10.1 Å². The van der Waals surface area contributed by atoms with Crippen LogP contribution in [-0.4, -0.2) is 24.7 Å². The Morgan fingerprint density at radius 1 is 1.12 bits per heavy atom. The maximum atomic E-state index is 12.4. The van der Waals surface area contributed by atoms with Crippen LogP contribution in [-0.2, 0) is 9.59 Å². The highest BCUT2D eigenvalue weighted by Gasteiger charge is 2.31. The molecule has 3 rings (SSSR count). The third kappa shape index (κ3) is 4.21. The first kappa shape index (κ1) is 17.5. The number of carbonyl (C=O) groups is 2. The Balaban J connectivity index is 1.73. The Morgan fingerprint density at radius 2 is 1.81 bits per heavy atom. The van der Waals surface area contributed by atoms with Gasteiger partial charge < -0.3 is 10.1 Å². The van der Waals surface area contributed by atoms with E-state index in [-0.39, 0.29) is 18.2 Å². The van der Waals surface area contributed by atoms with Gasteiger partial charge in [-0.2, -0.15) is 0 Å². The van der Waals surface area contributed by atoms with Gasteiger partial charge in [0.1, 0.15) is 12.3 Å². The molecule has 0 unspecified atom stereocenters. The van der Waals surface area contributed by atoms with Crippen molar-refractivity contribution < 1.29 is 27.5 Å². The van der Waals surface area contributed by atoms with Gasteiger partial charge in [-0.15, -0.1) is 13.2 Å². The number of halogens is 3. The van der Waals surface area contributed by atoms with Crippen molar-refractivity contribution in [3.8, 4) is 5.75 Å². The lowest BCUT2D eigenvalue weighted by atomic mass is 10.1. The van der Waals surface area contributed by atoms with Gasteiger partial charge in [-0.25, -0.2) is 0 Å². The monoisotopic (exact) mass is 362 g/mol. The SMILES string of the molecule is O=C1CN(C(=O)/C=C\c2ccc(OC(F)(F)F)cc2)c2ccccc2N1. The van der Waals surface area contributed by atoms with E-state index in [4.69, 9.17) is 0 Å². The van der Waals surface area contributed by atoms with E-state index in [0.29, 0.717) is 16.9 Å². The van der Waals surface area contributed by atoms with Crippen molar-refractivity contribution in [2.45, 2.75) is 6.36 Å². The lowest BCUT2D eigenvalue weighted by molar-refractivity contribution is -0.274. The van der Waals surface area contributed by atoms with Crippen molar-refractivity contribution in [2.24, 2.45) is 0 Å². The molecular formula is C18H13F3N2O3. The van der Waals surface area contributed by atoms with E-state index in [1.54, 1.807) is 24.3 Å². The molecule has 0 spiro atoms. The molecule has 2 aromatic carbocycles. The Kier molecular flexibility index (Phi) is 4.66. The topological polar surface area (TPSA) is 58.6 Å². The lowest BCUT2D eigenvalue weighted by Gasteiger charge is -2.28. The number of nitrogens with zero attached hydrogens (tertiary/aromatic N) is 1. The molecule has 0 atom stereocenters. The maximum Gasteiger partial charge on any atom is 0.573 e. The lowest BCUT2D eigenvalue weighted by Crippen LogP contribution is -2.41. The first-order valence-electron chi connectivity index (χ1n) is 7.56. The average molecular weight is 362 g/mol. The Hall–Kier alpha value is -3.29. The van der Waals surface area contributed by atoms with Crippen LogP contribution in [0.3, 0.4) is 0 Å². The summed E-state index contributed by atoms with van der Waals surface area (Å²) >= 11 is 0. The number of carbonyl (C=O) groups excluding carboxylic acids is 2. The molecule has 0 saturated carbocycles. The van der Waals surface area contributed by atoms with Crippen LogP contribution in [0, 0.1) is 0 Å². The van der Waals surface area contributed by atoms with Gasteiger partial charge in [-0.1, -0.05) is 24.3 Å². The van der Waals surface area contributed by atoms with E-state index in [0.717, 1.165) is 12.1 Å². The van der Waals surface area contributed by atoms with Crippen molar-refractivity contribution in [3.63, 3.8) is 0 Å². The summed E-state index contributed by atoms with van der Waals surface area (Å²) in [6, 6.07) is 12.0. The number of anilines is 2. The summed E-state index contributed by atoms with van der Waals surface area (Å²) in [5.41, 5.74) is 1.64. The smallest absolute Gasteiger partial charge is 0.406 e. The molecule has 134 valence electrons. The quantitative estimate of drug-likeness (QED) is 0.849. The average Bonchev–Trinajstić information content (AvgIpc) is 2.58. The second kappa shape index (κ2) is 6.91.